The lowest BCUT2D eigenvalue weighted by atomic mass is 10.1. The molecule has 0 heterocycles. The van der Waals surface area contributed by atoms with Crippen LogP contribution in [0.4, 0.5) is 0 Å². The van der Waals surface area contributed by atoms with Gasteiger partial charge in [0.15, 0.2) is 0 Å². The fraction of sp³-hybridized carbons (Fsp3) is 0. The topological polar surface area (TPSA) is 20.2 Å². The molecule has 0 saturated heterocycles. The van der Waals surface area contributed by atoms with Crippen molar-refractivity contribution in [3.05, 3.63) is 51.5 Å². The Morgan fingerprint density at radius 2 is 1.44 bits per heavy atom. The highest BCUT2D eigenvalue weighted by molar-refractivity contribution is 6.38. The molecule has 0 fully saturated rings. The van der Waals surface area contributed by atoms with E-state index in [4.69, 9.17) is 34.8 Å². The van der Waals surface area contributed by atoms with Gasteiger partial charge in [-0.2, -0.15) is 0 Å². The van der Waals surface area contributed by atoms with Crippen molar-refractivity contribution < 1.29 is 5.11 Å². The Balaban J connectivity index is 2.65. The third-order valence-corrected chi connectivity index (χ3v) is 3.15. The normalized spacial score (nSPS) is 10.4. The summed E-state index contributed by atoms with van der Waals surface area (Å²) < 4.78 is 0. The van der Waals surface area contributed by atoms with Crippen molar-refractivity contribution in [3.8, 4) is 16.9 Å². The molecule has 82 valence electrons. The van der Waals surface area contributed by atoms with Gasteiger partial charge in [0.25, 0.3) is 0 Å². The molecule has 0 aromatic heterocycles. The van der Waals surface area contributed by atoms with Gasteiger partial charge < -0.3 is 5.11 Å². The summed E-state index contributed by atoms with van der Waals surface area (Å²) in [5.41, 5.74) is 1.49. The van der Waals surface area contributed by atoms with Gasteiger partial charge in [-0.05, 0) is 12.1 Å². The van der Waals surface area contributed by atoms with Crippen LogP contribution >= 0.6 is 34.8 Å². The van der Waals surface area contributed by atoms with Gasteiger partial charge in [-0.3, -0.25) is 0 Å². The molecule has 0 aliphatic rings. The number of phenolic OH excluding ortho intramolecular Hbond substituents is 1. The van der Waals surface area contributed by atoms with E-state index in [2.05, 4.69) is 0 Å². The second kappa shape index (κ2) is 4.54. The summed E-state index contributed by atoms with van der Waals surface area (Å²) in [5.74, 6) is -0.0394. The van der Waals surface area contributed by atoms with Crippen LogP contribution in [0, 0.1) is 0 Å². The highest BCUT2D eigenvalue weighted by atomic mass is 35.5. The lowest BCUT2D eigenvalue weighted by Gasteiger charge is -2.08. The number of hydrogen-bond acceptors (Lipinski definition) is 1. The number of benzene rings is 2. The van der Waals surface area contributed by atoms with Gasteiger partial charge in [0.2, 0.25) is 0 Å². The Bertz CT molecular complexity index is 538. The standard InChI is InChI=1S/C12H7Cl3O/c13-9-4-2-1-3-7(9)8-5-11(15)12(16)6-10(8)14/h1-6,16H. The second-order valence-corrected chi connectivity index (χ2v) is 4.48. The second-order valence-electron chi connectivity index (χ2n) is 3.26. The van der Waals surface area contributed by atoms with Crippen LogP contribution in [0.25, 0.3) is 11.1 Å². The van der Waals surface area contributed by atoms with Crippen molar-refractivity contribution in [2.45, 2.75) is 0 Å². The molecule has 16 heavy (non-hydrogen) atoms. The average Bonchev–Trinajstić information content (AvgIpc) is 2.25. The van der Waals surface area contributed by atoms with Crippen LogP contribution in [0.1, 0.15) is 0 Å². The maximum atomic E-state index is 9.39. The quantitative estimate of drug-likeness (QED) is 0.773. The van der Waals surface area contributed by atoms with Gasteiger partial charge in [-0.15, -0.1) is 0 Å². The van der Waals surface area contributed by atoms with Gasteiger partial charge in [-0.1, -0.05) is 53.0 Å². The molecule has 0 radical (unpaired) electrons. The van der Waals surface area contributed by atoms with E-state index in [0.717, 1.165) is 5.56 Å². The third-order valence-electron chi connectivity index (χ3n) is 2.20. The number of rotatable bonds is 1. The van der Waals surface area contributed by atoms with Crippen molar-refractivity contribution in [1.82, 2.24) is 0 Å². The summed E-state index contributed by atoms with van der Waals surface area (Å²) in [5, 5.41) is 10.6. The summed E-state index contributed by atoms with van der Waals surface area (Å²) in [6.07, 6.45) is 0. The molecule has 1 N–H and O–H groups in total. The van der Waals surface area contributed by atoms with E-state index in [1.165, 1.54) is 6.07 Å². The molecule has 0 aliphatic heterocycles. The van der Waals surface area contributed by atoms with Gasteiger partial charge in [0.05, 0.1) is 10.0 Å². The van der Waals surface area contributed by atoms with Crippen LogP contribution in [0.15, 0.2) is 36.4 Å². The minimum Gasteiger partial charge on any atom is -0.506 e. The van der Waals surface area contributed by atoms with Gasteiger partial charge in [0.1, 0.15) is 5.75 Å². The van der Waals surface area contributed by atoms with Crippen molar-refractivity contribution in [2.24, 2.45) is 0 Å². The highest BCUT2D eigenvalue weighted by Crippen LogP contribution is 2.38. The Morgan fingerprint density at radius 3 is 2.12 bits per heavy atom. The molecule has 0 bridgehead atoms. The lowest BCUT2D eigenvalue weighted by Crippen LogP contribution is -1.82. The Hall–Kier alpha value is -0.890. The molecule has 0 spiro atoms. The average molecular weight is 274 g/mol. The van der Waals surface area contributed by atoms with E-state index in [-0.39, 0.29) is 10.8 Å². The van der Waals surface area contributed by atoms with Crippen LogP contribution in [0.3, 0.4) is 0 Å². The predicted molar refractivity (Wildman–Crippen MR) is 68.6 cm³/mol. The summed E-state index contributed by atoms with van der Waals surface area (Å²) in [6, 6.07) is 10.3. The molecule has 4 heteroatoms. The summed E-state index contributed by atoms with van der Waals surface area (Å²) >= 11 is 17.9. The maximum absolute atomic E-state index is 9.39. The lowest BCUT2D eigenvalue weighted by molar-refractivity contribution is 0.475. The monoisotopic (exact) mass is 272 g/mol. The van der Waals surface area contributed by atoms with Crippen LogP contribution in [0.2, 0.25) is 15.1 Å². The zero-order valence-electron chi connectivity index (χ0n) is 8.05. The molecular weight excluding hydrogens is 266 g/mol. The number of aromatic hydroxyl groups is 1. The van der Waals surface area contributed by atoms with Gasteiger partial charge in [0, 0.05) is 22.2 Å². The van der Waals surface area contributed by atoms with E-state index in [0.29, 0.717) is 15.6 Å². The molecule has 0 amide bonds. The Morgan fingerprint density at radius 1 is 0.750 bits per heavy atom. The zero-order valence-corrected chi connectivity index (χ0v) is 10.3. The highest BCUT2D eigenvalue weighted by Gasteiger charge is 2.10. The van der Waals surface area contributed by atoms with Gasteiger partial charge in [-0.25, -0.2) is 0 Å². The van der Waals surface area contributed by atoms with Crippen molar-refractivity contribution in [3.63, 3.8) is 0 Å². The maximum Gasteiger partial charge on any atom is 0.135 e. The largest absolute Gasteiger partial charge is 0.506 e. The van der Waals surface area contributed by atoms with E-state index in [1.807, 2.05) is 18.2 Å². The van der Waals surface area contributed by atoms with Crippen molar-refractivity contribution >= 4 is 34.8 Å². The van der Waals surface area contributed by atoms with Crippen LogP contribution in [0.5, 0.6) is 5.75 Å². The first-order chi connectivity index (χ1) is 7.59. The van der Waals surface area contributed by atoms with Crippen molar-refractivity contribution in [2.75, 3.05) is 0 Å². The van der Waals surface area contributed by atoms with Crippen LogP contribution in [-0.4, -0.2) is 5.11 Å². The van der Waals surface area contributed by atoms with Crippen molar-refractivity contribution in [1.29, 1.82) is 0 Å². The van der Waals surface area contributed by atoms with Crippen LogP contribution in [-0.2, 0) is 0 Å². The van der Waals surface area contributed by atoms with E-state index >= 15 is 0 Å². The smallest absolute Gasteiger partial charge is 0.135 e. The summed E-state index contributed by atoms with van der Waals surface area (Å²) in [4.78, 5) is 0. The summed E-state index contributed by atoms with van der Waals surface area (Å²) in [7, 11) is 0. The Labute approximate surface area is 108 Å². The fourth-order valence-electron chi connectivity index (χ4n) is 1.42. The molecule has 2 aromatic carbocycles. The molecule has 0 unspecified atom stereocenters. The SMILES string of the molecule is Oc1cc(Cl)c(-c2ccccc2Cl)cc1Cl. The number of halogens is 3. The molecule has 0 aliphatic carbocycles. The Kier molecular flexibility index (Phi) is 3.29. The first kappa shape index (κ1) is 11.6. The molecule has 2 rings (SSSR count). The third kappa shape index (κ3) is 2.12. The van der Waals surface area contributed by atoms with E-state index in [9.17, 15) is 5.11 Å². The van der Waals surface area contributed by atoms with Gasteiger partial charge >= 0.3 is 0 Å². The first-order valence-electron chi connectivity index (χ1n) is 4.52. The minimum atomic E-state index is -0.0394. The molecular formula is C12H7Cl3O. The van der Waals surface area contributed by atoms with E-state index in [1.54, 1.807) is 12.1 Å². The number of hydrogen-bond donors (Lipinski definition) is 1. The minimum absolute atomic E-state index is 0.0394. The molecule has 1 nitrogen and oxygen atoms in total. The first-order valence-corrected chi connectivity index (χ1v) is 5.66. The predicted octanol–water partition coefficient (Wildman–Crippen LogP) is 5.02. The summed E-state index contributed by atoms with van der Waals surface area (Å²) in [6.45, 7) is 0. The zero-order chi connectivity index (χ0) is 11.7. The molecule has 2 aromatic rings. The number of phenols is 1. The fourth-order valence-corrected chi connectivity index (χ4v) is 2.08. The van der Waals surface area contributed by atoms with E-state index < -0.39 is 0 Å². The molecule has 0 atom stereocenters. The molecule has 0 saturated carbocycles. The van der Waals surface area contributed by atoms with Crippen LogP contribution < -0.4 is 0 Å².